The Balaban J connectivity index is 1.98. The molecule has 1 unspecified atom stereocenters. The molecule has 0 saturated carbocycles. The minimum Gasteiger partial charge on any atom is -0.507 e. The maximum absolute atomic E-state index is 13.3. The molecule has 1 aliphatic rings. The van der Waals surface area contributed by atoms with Crippen molar-refractivity contribution in [2.24, 2.45) is 0 Å². The average Bonchev–Trinajstić information content (AvgIpc) is 3.06. The van der Waals surface area contributed by atoms with E-state index in [0.29, 0.717) is 22.7 Å². The molecule has 4 rings (SSSR count). The first-order chi connectivity index (χ1) is 15.3. The number of carbonyl (C=O) groups is 2. The number of Topliss-reactive ketones (excluding diaryl/α,β-unsaturated/α-hetero) is 1. The van der Waals surface area contributed by atoms with Gasteiger partial charge in [-0.3, -0.25) is 19.5 Å². The largest absolute Gasteiger partial charge is 0.507 e. The lowest BCUT2D eigenvalue weighted by Crippen LogP contribution is -2.30. The molecule has 1 atom stereocenters. The van der Waals surface area contributed by atoms with Crippen molar-refractivity contribution in [3.05, 3.63) is 94.3 Å². The van der Waals surface area contributed by atoms with E-state index >= 15 is 0 Å². The number of hydrogen-bond acceptors (Lipinski definition) is 5. The summed E-state index contributed by atoms with van der Waals surface area (Å²) < 4.78 is 5.25. The highest BCUT2D eigenvalue weighted by Crippen LogP contribution is 2.43. The van der Waals surface area contributed by atoms with Crippen molar-refractivity contribution in [1.82, 2.24) is 4.98 Å². The molecule has 6 heteroatoms. The van der Waals surface area contributed by atoms with Crippen LogP contribution in [0.1, 0.15) is 34.0 Å². The minimum absolute atomic E-state index is 0.0165. The predicted molar refractivity (Wildman–Crippen MR) is 123 cm³/mol. The molecule has 1 fully saturated rings. The summed E-state index contributed by atoms with van der Waals surface area (Å²) in [5, 5.41) is 11.3. The molecule has 6 nitrogen and oxygen atoms in total. The quantitative estimate of drug-likeness (QED) is 0.372. The zero-order valence-electron chi connectivity index (χ0n) is 18.4. The Morgan fingerprint density at radius 1 is 1.00 bits per heavy atom. The molecule has 0 bridgehead atoms. The highest BCUT2D eigenvalue weighted by Gasteiger charge is 2.48. The number of aliphatic hydroxyl groups is 1. The van der Waals surface area contributed by atoms with E-state index in [-0.39, 0.29) is 11.3 Å². The van der Waals surface area contributed by atoms with Gasteiger partial charge in [0.15, 0.2) is 0 Å². The lowest BCUT2D eigenvalue weighted by Gasteiger charge is -2.26. The van der Waals surface area contributed by atoms with E-state index in [1.54, 1.807) is 49.7 Å². The third-order valence-electron chi connectivity index (χ3n) is 5.94. The molecule has 1 aliphatic heterocycles. The van der Waals surface area contributed by atoms with Gasteiger partial charge < -0.3 is 9.84 Å². The van der Waals surface area contributed by atoms with Gasteiger partial charge in [0.1, 0.15) is 17.6 Å². The van der Waals surface area contributed by atoms with Crippen LogP contribution in [-0.4, -0.2) is 28.9 Å². The van der Waals surface area contributed by atoms with Gasteiger partial charge in [0.2, 0.25) is 0 Å². The zero-order chi connectivity index (χ0) is 23.0. The number of rotatable bonds is 4. The number of aryl methyl sites for hydroxylation is 2. The fourth-order valence-corrected chi connectivity index (χ4v) is 4.07. The first kappa shape index (κ1) is 21.3. The second kappa shape index (κ2) is 8.30. The number of pyridine rings is 1. The first-order valence-electron chi connectivity index (χ1n) is 10.3. The van der Waals surface area contributed by atoms with Crippen LogP contribution in [0, 0.1) is 20.8 Å². The van der Waals surface area contributed by atoms with Gasteiger partial charge in [-0.2, -0.15) is 0 Å². The van der Waals surface area contributed by atoms with Crippen molar-refractivity contribution in [2.45, 2.75) is 26.8 Å². The second-order valence-corrected chi connectivity index (χ2v) is 7.82. The van der Waals surface area contributed by atoms with E-state index in [1.807, 2.05) is 39.0 Å². The molecule has 1 amide bonds. The summed E-state index contributed by atoms with van der Waals surface area (Å²) >= 11 is 0. The summed E-state index contributed by atoms with van der Waals surface area (Å²) in [7, 11) is 1.56. The summed E-state index contributed by atoms with van der Waals surface area (Å²) in [6, 6.07) is 15.2. The van der Waals surface area contributed by atoms with E-state index < -0.39 is 17.7 Å². The van der Waals surface area contributed by atoms with Crippen LogP contribution in [0.2, 0.25) is 0 Å². The number of hydrogen-bond donors (Lipinski definition) is 1. The molecule has 0 radical (unpaired) electrons. The van der Waals surface area contributed by atoms with Crippen LogP contribution in [0.15, 0.2) is 66.4 Å². The number of aromatic nitrogens is 1. The standard InChI is InChI=1S/C26H24N2O4/c1-15-8-7-10-21(17(15)3)28-23(20-9-5-6-13-27-20)22(25(30)26(28)31)24(29)19-12-11-18(32-4)14-16(19)2/h5-14,23,29H,1-4H3/b24-22+. The molecular weight excluding hydrogens is 404 g/mol. The number of methoxy groups -OCH3 is 1. The number of amides is 1. The van der Waals surface area contributed by atoms with Gasteiger partial charge in [0.05, 0.1) is 18.4 Å². The number of carbonyl (C=O) groups excluding carboxylic acids is 2. The maximum Gasteiger partial charge on any atom is 0.300 e. The van der Waals surface area contributed by atoms with Gasteiger partial charge >= 0.3 is 0 Å². The Hall–Kier alpha value is -3.93. The van der Waals surface area contributed by atoms with Crippen LogP contribution < -0.4 is 9.64 Å². The van der Waals surface area contributed by atoms with Crippen LogP contribution >= 0.6 is 0 Å². The third kappa shape index (κ3) is 3.43. The molecule has 2 heterocycles. The predicted octanol–water partition coefficient (Wildman–Crippen LogP) is 4.64. The Morgan fingerprint density at radius 2 is 1.78 bits per heavy atom. The molecule has 3 aromatic rings. The van der Waals surface area contributed by atoms with E-state index in [0.717, 1.165) is 16.7 Å². The van der Waals surface area contributed by atoms with Crippen molar-refractivity contribution < 1.29 is 19.4 Å². The lowest BCUT2D eigenvalue weighted by molar-refractivity contribution is -0.132. The Morgan fingerprint density at radius 3 is 2.44 bits per heavy atom. The molecule has 162 valence electrons. The monoisotopic (exact) mass is 428 g/mol. The van der Waals surface area contributed by atoms with Gasteiger partial charge in [-0.05, 0) is 73.9 Å². The molecular formula is C26H24N2O4. The number of benzene rings is 2. The first-order valence-corrected chi connectivity index (χ1v) is 10.3. The fraction of sp³-hybridized carbons (Fsp3) is 0.192. The van der Waals surface area contributed by atoms with Crippen molar-refractivity contribution >= 4 is 23.1 Å². The number of aliphatic hydroxyl groups excluding tert-OH is 1. The highest BCUT2D eigenvalue weighted by atomic mass is 16.5. The van der Waals surface area contributed by atoms with Crippen LogP contribution in [0.5, 0.6) is 5.75 Å². The summed E-state index contributed by atoms with van der Waals surface area (Å²) in [6.07, 6.45) is 1.61. The summed E-state index contributed by atoms with van der Waals surface area (Å²) in [6.45, 7) is 5.67. The fourth-order valence-electron chi connectivity index (χ4n) is 4.07. The Labute approximate surface area is 186 Å². The average molecular weight is 428 g/mol. The van der Waals surface area contributed by atoms with Crippen molar-refractivity contribution in [3.8, 4) is 5.75 Å². The highest BCUT2D eigenvalue weighted by molar-refractivity contribution is 6.51. The van der Waals surface area contributed by atoms with Crippen LogP contribution in [-0.2, 0) is 9.59 Å². The third-order valence-corrected chi connectivity index (χ3v) is 5.94. The summed E-state index contributed by atoms with van der Waals surface area (Å²) in [5.74, 6) is -1.03. The Bertz CT molecular complexity index is 1250. The van der Waals surface area contributed by atoms with Gasteiger partial charge in [-0.1, -0.05) is 18.2 Å². The Kier molecular flexibility index (Phi) is 5.53. The number of ether oxygens (including phenoxy) is 1. The molecule has 0 aliphatic carbocycles. The van der Waals surface area contributed by atoms with E-state index in [4.69, 9.17) is 4.74 Å². The maximum atomic E-state index is 13.3. The molecule has 1 saturated heterocycles. The summed E-state index contributed by atoms with van der Waals surface area (Å²) in [4.78, 5) is 32.4. The van der Waals surface area contributed by atoms with Crippen molar-refractivity contribution in [2.75, 3.05) is 12.0 Å². The molecule has 1 aromatic heterocycles. The number of anilines is 1. The van der Waals surface area contributed by atoms with E-state index in [1.165, 1.54) is 4.90 Å². The van der Waals surface area contributed by atoms with Gasteiger partial charge in [0.25, 0.3) is 11.7 Å². The molecule has 32 heavy (non-hydrogen) atoms. The zero-order valence-corrected chi connectivity index (χ0v) is 18.4. The summed E-state index contributed by atoms with van der Waals surface area (Å²) in [5.41, 5.74) is 4.20. The normalized spacial score (nSPS) is 17.6. The van der Waals surface area contributed by atoms with Gasteiger partial charge in [-0.15, -0.1) is 0 Å². The number of ketones is 1. The lowest BCUT2D eigenvalue weighted by atomic mass is 9.95. The van der Waals surface area contributed by atoms with Crippen LogP contribution in [0.25, 0.3) is 5.76 Å². The second-order valence-electron chi connectivity index (χ2n) is 7.82. The SMILES string of the molecule is COc1ccc(/C(O)=C2\C(=O)C(=O)N(c3cccc(C)c3C)C2c2ccccn2)c(C)c1. The molecule has 1 N–H and O–H groups in total. The van der Waals surface area contributed by atoms with Crippen LogP contribution in [0.4, 0.5) is 5.69 Å². The molecule has 2 aromatic carbocycles. The smallest absolute Gasteiger partial charge is 0.300 e. The number of nitrogens with zero attached hydrogens (tertiary/aromatic N) is 2. The van der Waals surface area contributed by atoms with E-state index in [2.05, 4.69) is 4.98 Å². The van der Waals surface area contributed by atoms with E-state index in [9.17, 15) is 14.7 Å². The topological polar surface area (TPSA) is 79.7 Å². The van der Waals surface area contributed by atoms with Crippen molar-refractivity contribution in [1.29, 1.82) is 0 Å². The van der Waals surface area contributed by atoms with Gasteiger partial charge in [0, 0.05) is 17.4 Å². The van der Waals surface area contributed by atoms with Gasteiger partial charge in [-0.25, -0.2) is 0 Å². The molecule has 0 spiro atoms. The van der Waals surface area contributed by atoms with Crippen LogP contribution in [0.3, 0.4) is 0 Å². The van der Waals surface area contributed by atoms with Crippen molar-refractivity contribution in [3.63, 3.8) is 0 Å². The minimum atomic E-state index is -0.849.